The first-order chi connectivity index (χ1) is 8.61. The summed E-state index contributed by atoms with van der Waals surface area (Å²) in [6.07, 6.45) is 0. The number of carbonyl (C=O) groups excluding carboxylic acids is 1. The van der Waals surface area contributed by atoms with Crippen molar-refractivity contribution in [3.05, 3.63) is 41.5 Å². The summed E-state index contributed by atoms with van der Waals surface area (Å²) < 4.78 is 4.85. The normalized spacial score (nSPS) is 12.9. The van der Waals surface area contributed by atoms with Crippen LogP contribution in [0, 0.1) is 0 Å². The molecule has 0 bridgehead atoms. The third kappa shape index (κ3) is 3.10. The summed E-state index contributed by atoms with van der Waals surface area (Å²) in [5.74, 6) is -0.992. The van der Waals surface area contributed by atoms with Crippen molar-refractivity contribution in [2.24, 2.45) is 10.7 Å². The Morgan fingerprint density at radius 2 is 2.00 bits per heavy atom. The molecule has 0 aliphatic carbocycles. The summed E-state index contributed by atoms with van der Waals surface area (Å²) in [6.45, 7) is 1.87. The Morgan fingerprint density at radius 3 is 2.50 bits per heavy atom. The SMILES string of the molecule is CCOC(=O)C(C(N)=NC)=C(O)c1ccccc1. The monoisotopic (exact) mass is 248 g/mol. The molecular weight excluding hydrogens is 232 g/mol. The van der Waals surface area contributed by atoms with Gasteiger partial charge in [-0.1, -0.05) is 30.3 Å². The summed E-state index contributed by atoms with van der Waals surface area (Å²) in [6, 6.07) is 8.62. The molecule has 1 rings (SSSR count). The van der Waals surface area contributed by atoms with Gasteiger partial charge in [-0.3, -0.25) is 4.99 Å². The molecule has 0 aliphatic heterocycles. The summed E-state index contributed by atoms with van der Waals surface area (Å²) in [7, 11) is 1.44. The second-order valence-electron chi connectivity index (χ2n) is 3.42. The quantitative estimate of drug-likeness (QED) is 0.278. The number of carbonyl (C=O) groups is 1. The highest BCUT2D eigenvalue weighted by atomic mass is 16.5. The standard InChI is InChI=1S/C13H16N2O3/c1-3-18-13(17)10(12(14)15-2)11(16)9-7-5-4-6-8-9/h4-8,16H,3H2,1-2H3,(H2,14,15). The number of esters is 1. The van der Waals surface area contributed by atoms with E-state index < -0.39 is 5.97 Å². The number of aliphatic imine (C=N–C) groups is 1. The number of nitrogens with zero attached hydrogens (tertiary/aromatic N) is 1. The smallest absolute Gasteiger partial charge is 0.345 e. The fourth-order valence-electron chi connectivity index (χ4n) is 1.38. The van der Waals surface area contributed by atoms with E-state index in [1.807, 2.05) is 0 Å². The van der Waals surface area contributed by atoms with Crippen LogP contribution in [-0.2, 0) is 9.53 Å². The lowest BCUT2D eigenvalue weighted by molar-refractivity contribution is -0.137. The molecule has 0 saturated carbocycles. The number of benzene rings is 1. The van der Waals surface area contributed by atoms with Crippen LogP contribution in [0.3, 0.4) is 0 Å². The van der Waals surface area contributed by atoms with E-state index in [4.69, 9.17) is 10.5 Å². The van der Waals surface area contributed by atoms with E-state index in [-0.39, 0.29) is 23.8 Å². The van der Waals surface area contributed by atoms with E-state index in [0.29, 0.717) is 5.56 Å². The highest BCUT2D eigenvalue weighted by Gasteiger charge is 2.21. The largest absolute Gasteiger partial charge is 0.506 e. The Kier molecular flexibility index (Phi) is 4.92. The van der Waals surface area contributed by atoms with Gasteiger partial charge in [0.25, 0.3) is 0 Å². The first-order valence-electron chi connectivity index (χ1n) is 5.50. The van der Waals surface area contributed by atoms with E-state index in [2.05, 4.69) is 4.99 Å². The maximum atomic E-state index is 11.8. The Hall–Kier alpha value is -2.30. The minimum absolute atomic E-state index is 0.0604. The summed E-state index contributed by atoms with van der Waals surface area (Å²) in [5.41, 5.74) is 5.98. The number of nitrogens with two attached hydrogens (primary N) is 1. The molecule has 0 spiro atoms. The van der Waals surface area contributed by atoms with E-state index in [1.165, 1.54) is 7.05 Å². The van der Waals surface area contributed by atoms with Gasteiger partial charge >= 0.3 is 5.97 Å². The average molecular weight is 248 g/mol. The molecule has 0 saturated heterocycles. The molecule has 0 unspecified atom stereocenters. The van der Waals surface area contributed by atoms with Gasteiger partial charge in [0.15, 0.2) is 0 Å². The summed E-state index contributed by atoms with van der Waals surface area (Å²) >= 11 is 0. The molecule has 96 valence electrons. The maximum Gasteiger partial charge on any atom is 0.345 e. The number of hydrogen-bond donors (Lipinski definition) is 2. The third-order valence-electron chi connectivity index (χ3n) is 2.26. The van der Waals surface area contributed by atoms with Crippen LogP contribution in [0.15, 0.2) is 40.9 Å². The van der Waals surface area contributed by atoms with Crippen LogP contribution in [0.5, 0.6) is 0 Å². The maximum absolute atomic E-state index is 11.8. The van der Waals surface area contributed by atoms with Crippen LogP contribution < -0.4 is 5.73 Å². The van der Waals surface area contributed by atoms with E-state index in [9.17, 15) is 9.90 Å². The predicted molar refractivity (Wildman–Crippen MR) is 70.2 cm³/mol. The number of rotatable bonds is 4. The summed E-state index contributed by atoms with van der Waals surface area (Å²) in [4.78, 5) is 15.5. The van der Waals surface area contributed by atoms with Crippen molar-refractivity contribution in [2.75, 3.05) is 13.7 Å². The molecule has 3 N–H and O–H groups in total. The Labute approximate surface area is 106 Å². The Morgan fingerprint density at radius 1 is 1.39 bits per heavy atom. The lowest BCUT2D eigenvalue weighted by atomic mass is 10.1. The van der Waals surface area contributed by atoms with Gasteiger partial charge in [-0.25, -0.2) is 4.79 Å². The van der Waals surface area contributed by atoms with Crippen molar-refractivity contribution in [3.8, 4) is 0 Å². The highest BCUT2D eigenvalue weighted by molar-refractivity contribution is 6.22. The van der Waals surface area contributed by atoms with Gasteiger partial charge in [0.1, 0.15) is 17.2 Å². The number of ether oxygens (including phenoxy) is 1. The second-order valence-corrected chi connectivity index (χ2v) is 3.42. The van der Waals surface area contributed by atoms with Gasteiger partial charge in [0, 0.05) is 12.6 Å². The number of aliphatic hydroxyl groups is 1. The second kappa shape index (κ2) is 6.44. The van der Waals surface area contributed by atoms with Crippen LogP contribution in [-0.4, -0.2) is 30.6 Å². The molecule has 0 fully saturated rings. The predicted octanol–water partition coefficient (Wildman–Crippen LogP) is 1.51. The first-order valence-corrected chi connectivity index (χ1v) is 5.50. The van der Waals surface area contributed by atoms with Gasteiger partial charge in [-0.2, -0.15) is 0 Å². The molecule has 0 heterocycles. The van der Waals surface area contributed by atoms with E-state index >= 15 is 0 Å². The molecule has 0 amide bonds. The first kappa shape index (κ1) is 13.8. The lowest BCUT2D eigenvalue weighted by Crippen LogP contribution is -2.24. The molecular formula is C13H16N2O3. The fraction of sp³-hybridized carbons (Fsp3) is 0.231. The van der Waals surface area contributed by atoms with Crippen molar-refractivity contribution < 1.29 is 14.6 Å². The lowest BCUT2D eigenvalue weighted by Gasteiger charge is -2.09. The number of hydrogen-bond acceptors (Lipinski definition) is 4. The van der Waals surface area contributed by atoms with E-state index in [1.54, 1.807) is 37.3 Å². The molecule has 0 aromatic heterocycles. The molecule has 0 radical (unpaired) electrons. The minimum Gasteiger partial charge on any atom is -0.506 e. The zero-order valence-corrected chi connectivity index (χ0v) is 10.4. The van der Waals surface area contributed by atoms with E-state index in [0.717, 1.165) is 0 Å². The minimum atomic E-state index is -0.693. The average Bonchev–Trinajstić information content (AvgIpc) is 2.40. The Balaban J connectivity index is 3.28. The summed E-state index contributed by atoms with van der Waals surface area (Å²) in [5, 5.41) is 10.1. The van der Waals surface area contributed by atoms with Gasteiger partial charge < -0.3 is 15.6 Å². The third-order valence-corrected chi connectivity index (χ3v) is 2.26. The van der Waals surface area contributed by atoms with Crippen molar-refractivity contribution >= 4 is 17.6 Å². The van der Waals surface area contributed by atoms with Crippen molar-refractivity contribution in [1.82, 2.24) is 0 Å². The van der Waals surface area contributed by atoms with Crippen molar-refractivity contribution in [1.29, 1.82) is 0 Å². The topological polar surface area (TPSA) is 84.9 Å². The van der Waals surface area contributed by atoms with Gasteiger partial charge in [-0.15, -0.1) is 0 Å². The van der Waals surface area contributed by atoms with Crippen LogP contribution in [0.2, 0.25) is 0 Å². The van der Waals surface area contributed by atoms with Crippen molar-refractivity contribution in [3.63, 3.8) is 0 Å². The molecule has 0 aliphatic rings. The van der Waals surface area contributed by atoms with Gasteiger partial charge in [-0.05, 0) is 6.92 Å². The molecule has 1 aromatic rings. The number of aliphatic hydroxyl groups excluding tert-OH is 1. The molecule has 0 atom stereocenters. The van der Waals surface area contributed by atoms with Crippen LogP contribution >= 0.6 is 0 Å². The molecule has 5 heteroatoms. The van der Waals surface area contributed by atoms with Crippen LogP contribution in [0.4, 0.5) is 0 Å². The van der Waals surface area contributed by atoms with Gasteiger partial charge in [0.2, 0.25) is 0 Å². The van der Waals surface area contributed by atoms with Crippen LogP contribution in [0.1, 0.15) is 12.5 Å². The molecule has 18 heavy (non-hydrogen) atoms. The fourth-order valence-corrected chi connectivity index (χ4v) is 1.38. The van der Waals surface area contributed by atoms with Crippen LogP contribution in [0.25, 0.3) is 5.76 Å². The zero-order valence-electron chi connectivity index (χ0n) is 10.4. The molecule has 5 nitrogen and oxygen atoms in total. The molecule has 1 aromatic carbocycles. The number of amidine groups is 1. The Bertz CT molecular complexity index is 478. The van der Waals surface area contributed by atoms with Gasteiger partial charge in [0.05, 0.1) is 6.61 Å². The highest BCUT2D eigenvalue weighted by Crippen LogP contribution is 2.17. The van der Waals surface area contributed by atoms with Crippen molar-refractivity contribution in [2.45, 2.75) is 6.92 Å². The zero-order chi connectivity index (χ0) is 13.5.